The highest BCUT2D eigenvalue weighted by Gasteiger charge is 2.25. The Hall–Kier alpha value is -0.770. The van der Waals surface area contributed by atoms with E-state index in [2.05, 4.69) is 5.32 Å². The summed E-state index contributed by atoms with van der Waals surface area (Å²) in [4.78, 5) is 12.1. The van der Waals surface area contributed by atoms with Crippen molar-refractivity contribution in [1.29, 1.82) is 0 Å². The average Bonchev–Trinajstić information content (AvgIpc) is 2.42. The molecule has 1 aliphatic carbocycles. The third-order valence-electron chi connectivity index (χ3n) is 3.87. The van der Waals surface area contributed by atoms with E-state index in [9.17, 15) is 4.79 Å². The molecule has 1 amide bonds. The topological polar surface area (TPSA) is 55.1 Å². The van der Waals surface area contributed by atoms with Gasteiger partial charge in [-0.15, -0.1) is 12.4 Å². The molecule has 0 heterocycles. The van der Waals surface area contributed by atoms with Gasteiger partial charge in [0.05, 0.1) is 6.42 Å². The fourth-order valence-electron chi connectivity index (χ4n) is 2.75. The maximum atomic E-state index is 12.1. The van der Waals surface area contributed by atoms with Crippen LogP contribution >= 0.6 is 24.0 Å². The molecule has 0 spiro atoms. The summed E-state index contributed by atoms with van der Waals surface area (Å²) in [5, 5.41) is 3.77. The minimum absolute atomic E-state index is 0. The van der Waals surface area contributed by atoms with Gasteiger partial charge in [-0.3, -0.25) is 4.79 Å². The Kier molecular flexibility index (Phi) is 7.35. The van der Waals surface area contributed by atoms with Gasteiger partial charge in [0.15, 0.2) is 0 Å². The monoisotopic (exact) mass is 316 g/mol. The molecule has 1 aliphatic rings. The van der Waals surface area contributed by atoms with E-state index in [0.717, 1.165) is 18.4 Å². The van der Waals surface area contributed by atoms with Crippen LogP contribution in [0.1, 0.15) is 31.2 Å². The van der Waals surface area contributed by atoms with E-state index < -0.39 is 0 Å². The summed E-state index contributed by atoms with van der Waals surface area (Å²) < 4.78 is 0. The Morgan fingerprint density at radius 2 is 2.00 bits per heavy atom. The Balaban J connectivity index is 0.00000200. The van der Waals surface area contributed by atoms with Crippen molar-refractivity contribution < 1.29 is 4.79 Å². The summed E-state index contributed by atoms with van der Waals surface area (Å²) in [6.07, 6.45) is 4.89. The molecule has 20 heavy (non-hydrogen) atoms. The molecule has 0 aliphatic heterocycles. The molecule has 112 valence electrons. The van der Waals surface area contributed by atoms with Gasteiger partial charge in [-0.2, -0.15) is 0 Å². The highest BCUT2D eigenvalue weighted by Crippen LogP contribution is 2.24. The van der Waals surface area contributed by atoms with E-state index in [-0.39, 0.29) is 24.4 Å². The van der Waals surface area contributed by atoms with Crippen molar-refractivity contribution >= 4 is 29.9 Å². The summed E-state index contributed by atoms with van der Waals surface area (Å²) in [7, 11) is 0. The Bertz CT molecular complexity index is 440. The summed E-state index contributed by atoms with van der Waals surface area (Å²) >= 11 is 6.07. The first-order valence-corrected chi connectivity index (χ1v) is 7.31. The van der Waals surface area contributed by atoms with Crippen LogP contribution in [0.15, 0.2) is 24.3 Å². The number of amides is 1. The molecule has 3 N–H and O–H groups in total. The molecule has 1 aromatic carbocycles. The van der Waals surface area contributed by atoms with Crippen LogP contribution in [-0.2, 0) is 11.2 Å². The minimum atomic E-state index is 0. The number of nitrogens with two attached hydrogens (primary N) is 1. The second-order valence-corrected chi connectivity index (χ2v) is 5.63. The number of hydrogen-bond acceptors (Lipinski definition) is 2. The Morgan fingerprint density at radius 1 is 1.30 bits per heavy atom. The summed E-state index contributed by atoms with van der Waals surface area (Å²) in [5.41, 5.74) is 6.65. The number of hydrogen-bond donors (Lipinski definition) is 2. The second kappa shape index (κ2) is 8.50. The van der Waals surface area contributed by atoms with Crippen molar-refractivity contribution in [1.82, 2.24) is 5.32 Å². The molecule has 0 bridgehead atoms. The van der Waals surface area contributed by atoms with E-state index >= 15 is 0 Å². The lowest BCUT2D eigenvalue weighted by atomic mass is 9.84. The number of nitrogens with one attached hydrogen (secondary N) is 1. The Morgan fingerprint density at radius 3 is 2.70 bits per heavy atom. The predicted octanol–water partition coefficient (Wildman–Crippen LogP) is 2.94. The predicted molar refractivity (Wildman–Crippen MR) is 85.3 cm³/mol. The molecule has 1 aromatic rings. The maximum absolute atomic E-state index is 12.1. The summed E-state index contributed by atoms with van der Waals surface area (Å²) in [5.74, 6) is 0.461. The standard InChI is InChI=1S/C15H21ClN2O.ClH/c16-13-7-3-1-5-11(13)9-15(19)18-14-8-4-2-6-12(14)10-17;/h1,3,5,7,12,14H,2,4,6,8-10,17H2,(H,18,19);1H. The van der Waals surface area contributed by atoms with Gasteiger partial charge in [0.25, 0.3) is 0 Å². The van der Waals surface area contributed by atoms with E-state index in [1.54, 1.807) is 0 Å². The highest BCUT2D eigenvalue weighted by molar-refractivity contribution is 6.31. The van der Waals surface area contributed by atoms with Crippen LogP contribution in [0.3, 0.4) is 0 Å². The van der Waals surface area contributed by atoms with Gasteiger partial charge in [-0.05, 0) is 36.9 Å². The van der Waals surface area contributed by atoms with Crippen LogP contribution in [0.25, 0.3) is 0 Å². The fraction of sp³-hybridized carbons (Fsp3) is 0.533. The minimum Gasteiger partial charge on any atom is -0.353 e. The first kappa shape index (κ1) is 17.3. The number of halogens is 2. The van der Waals surface area contributed by atoms with Crippen LogP contribution in [-0.4, -0.2) is 18.5 Å². The van der Waals surface area contributed by atoms with Gasteiger partial charge in [0, 0.05) is 11.1 Å². The van der Waals surface area contributed by atoms with Gasteiger partial charge in [0.1, 0.15) is 0 Å². The van der Waals surface area contributed by atoms with Crippen LogP contribution in [0.5, 0.6) is 0 Å². The molecule has 1 saturated carbocycles. The van der Waals surface area contributed by atoms with Crippen molar-refractivity contribution in [3.05, 3.63) is 34.9 Å². The van der Waals surface area contributed by atoms with Gasteiger partial charge >= 0.3 is 0 Å². The molecule has 0 aromatic heterocycles. The van der Waals surface area contributed by atoms with Crippen molar-refractivity contribution in [3.8, 4) is 0 Å². The lowest BCUT2D eigenvalue weighted by Gasteiger charge is -2.31. The quantitative estimate of drug-likeness (QED) is 0.897. The largest absolute Gasteiger partial charge is 0.353 e. The van der Waals surface area contributed by atoms with E-state index in [1.165, 1.54) is 12.8 Å². The molecule has 2 unspecified atom stereocenters. The zero-order valence-corrected chi connectivity index (χ0v) is 13.1. The van der Waals surface area contributed by atoms with E-state index in [0.29, 0.717) is 23.9 Å². The average molecular weight is 317 g/mol. The molecule has 2 rings (SSSR count). The molecule has 1 fully saturated rings. The van der Waals surface area contributed by atoms with Gasteiger partial charge < -0.3 is 11.1 Å². The molecular formula is C15H22Cl2N2O. The first-order chi connectivity index (χ1) is 9.20. The fourth-order valence-corrected chi connectivity index (χ4v) is 2.95. The van der Waals surface area contributed by atoms with Crippen LogP contribution in [0.2, 0.25) is 5.02 Å². The number of rotatable bonds is 4. The molecular weight excluding hydrogens is 295 g/mol. The zero-order valence-electron chi connectivity index (χ0n) is 11.5. The molecule has 0 radical (unpaired) electrons. The SMILES string of the molecule is Cl.NCC1CCCCC1NC(=O)Cc1ccccc1Cl. The Labute approximate surface area is 131 Å². The van der Waals surface area contributed by atoms with Gasteiger partial charge in [0.2, 0.25) is 5.91 Å². The lowest BCUT2D eigenvalue weighted by molar-refractivity contribution is -0.121. The molecule has 5 heteroatoms. The zero-order chi connectivity index (χ0) is 13.7. The third kappa shape index (κ3) is 4.65. The molecule has 3 nitrogen and oxygen atoms in total. The smallest absolute Gasteiger partial charge is 0.224 e. The number of benzene rings is 1. The number of carbonyl (C=O) groups excluding carboxylic acids is 1. The normalized spacial score (nSPS) is 21.9. The lowest BCUT2D eigenvalue weighted by Crippen LogP contribution is -2.45. The first-order valence-electron chi connectivity index (χ1n) is 6.93. The van der Waals surface area contributed by atoms with Gasteiger partial charge in [-0.25, -0.2) is 0 Å². The van der Waals surface area contributed by atoms with Gasteiger partial charge in [-0.1, -0.05) is 42.6 Å². The second-order valence-electron chi connectivity index (χ2n) is 5.22. The summed E-state index contributed by atoms with van der Waals surface area (Å²) in [6.45, 7) is 0.650. The van der Waals surface area contributed by atoms with Crippen LogP contribution in [0.4, 0.5) is 0 Å². The van der Waals surface area contributed by atoms with Crippen LogP contribution in [0, 0.1) is 5.92 Å². The third-order valence-corrected chi connectivity index (χ3v) is 4.24. The van der Waals surface area contributed by atoms with Crippen molar-refractivity contribution in [3.63, 3.8) is 0 Å². The van der Waals surface area contributed by atoms with Crippen molar-refractivity contribution in [2.75, 3.05) is 6.54 Å². The van der Waals surface area contributed by atoms with Crippen molar-refractivity contribution in [2.24, 2.45) is 11.7 Å². The number of carbonyl (C=O) groups is 1. The summed E-state index contributed by atoms with van der Waals surface area (Å²) in [6, 6.07) is 7.71. The van der Waals surface area contributed by atoms with E-state index in [4.69, 9.17) is 17.3 Å². The van der Waals surface area contributed by atoms with E-state index in [1.807, 2.05) is 24.3 Å². The van der Waals surface area contributed by atoms with Crippen molar-refractivity contribution in [2.45, 2.75) is 38.1 Å². The maximum Gasteiger partial charge on any atom is 0.224 e. The highest BCUT2D eigenvalue weighted by atomic mass is 35.5. The molecule has 0 saturated heterocycles. The molecule has 2 atom stereocenters. The van der Waals surface area contributed by atoms with Crippen LogP contribution < -0.4 is 11.1 Å².